The number of hydrogen-bond donors (Lipinski definition) is 1. The predicted molar refractivity (Wildman–Crippen MR) is 38.8 cm³/mol. The van der Waals surface area contributed by atoms with Crippen molar-refractivity contribution in [3.63, 3.8) is 0 Å². The highest BCUT2D eigenvalue weighted by atomic mass is 32.2. The van der Waals surface area contributed by atoms with Crippen LogP contribution in [0.3, 0.4) is 0 Å². The molecular weight excluding hydrogens is 184 g/mol. The van der Waals surface area contributed by atoms with Gasteiger partial charge in [0.2, 0.25) is 5.89 Å². The highest BCUT2D eigenvalue weighted by Gasteiger charge is 2.11. The molecule has 0 unspecified atom stereocenters. The second-order valence-electron chi connectivity index (χ2n) is 2.33. The van der Waals surface area contributed by atoms with Crippen molar-refractivity contribution < 1.29 is 18.0 Å². The normalized spacial score (nSPS) is 11.8. The summed E-state index contributed by atoms with van der Waals surface area (Å²) in [5, 5.41) is 11.8. The van der Waals surface area contributed by atoms with Gasteiger partial charge in [-0.15, -0.1) is 0 Å². The Morgan fingerprint density at radius 1 is 1.58 bits per heavy atom. The Balaban J connectivity index is 2.78. The van der Waals surface area contributed by atoms with Gasteiger partial charge < -0.3 is 9.63 Å². The summed E-state index contributed by atoms with van der Waals surface area (Å²) >= 11 is 0. The first kappa shape index (κ1) is 9.14. The van der Waals surface area contributed by atoms with E-state index in [1.807, 2.05) is 0 Å². The van der Waals surface area contributed by atoms with Gasteiger partial charge in [0.25, 0.3) is 0 Å². The van der Waals surface area contributed by atoms with Crippen molar-refractivity contribution in [3.05, 3.63) is 11.7 Å². The molecule has 0 bridgehead atoms. The Morgan fingerprint density at radius 2 is 2.25 bits per heavy atom. The van der Waals surface area contributed by atoms with Gasteiger partial charge in [0, 0.05) is 6.26 Å². The van der Waals surface area contributed by atoms with Gasteiger partial charge in [-0.2, -0.15) is 4.98 Å². The third-order valence-corrected chi connectivity index (χ3v) is 1.81. The predicted octanol–water partition coefficient (Wildman–Crippen LogP) is -0.893. The number of aliphatic hydroxyl groups excluding tert-OH is 1. The number of sulfone groups is 1. The molecule has 0 radical (unpaired) electrons. The average molecular weight is 192 g/mol. The van der Waals surface area contributed by atoms with Crippen molar-refractivity contribution in [2.75, 3.05) is 6.26 Å². The Morgan fingerprint density at radius 3 is 2.67 bits per heavy atom. The summed E-state index contributed by atoms with van der Waals surface area (Å²) < 4.78 is 25.9. The average Bonchev–Trinajstić information content (AvgIpc) is 2.32. The van der Waals surface area contributed by atoms with Gasteiger partial charge in [0.1, 0.15) is 12.4 Å². The number of hydrogen-bond acceptors (Lipinski definition) is 6. The first-order chi connectivity index (χ1) is 5.51. The van der Waals surface area contributed by atoms with E-state index in [2.05, 4.69) is 14.7 Å². The van der Waals surface area contributed by atoms with Crippen LogP contribution < -0.4 is 0 Å². The van der Waals surface area contributed by atoms with Crippen LogP contribution in [0.2, 0.25) is 0 Å². The van der Waals surface area contributed by atoms with E-state index in [4.69, 9.17) is 5.11 Å². The zero-order valence-electron chi connectivity index (χ0n) is 6.39. The lowest BCUT2D eigenvalue weighted by Gasteiger charge is -1.88. The molecule has 0 aliphatic carbocycles. The minimum Gasteiger partial charge on any atom is -0.388 e. The second kappa shape index (κ2) is 3.20. The van der Waals surface area contributed by atoms with Gasteiger partial charge in [-0.05, 0) is 0 Å². The summed E-state index contributed by atoms with van der Waals surface area (Å²) in [5.74, 6) is -0.199. The van der Waals surface area contributed by atoms with Crippen LogP contribution in [-0.4, -0.2) is 29.9 Å². The minimum absolute atomic E-state index is 0.00144. The highest BCUT2D eigenvalue weighted by Crippen LogP contribution is 2.01. The first-order valence-corrected chi connectivity index (χ1v) is 5.17. The third kappa shape index (κ3) is 2.59. The van der Waals surface area contributed by atoms with Crippen LogP contribution in [0.25, 0.3) is 0 Å². The maximum atomic E-state index is 10.7. The fourth-order valence-corrected chi connectivity index (χ4v) is 1.20. The van der Waals surface area contributed by atoms with Crippen LogP contribution in [0.1, 0.15) is 11.7 Å². The molecule has 0 amide bonds. The van der Waals surface area contributed by atoms with Crippen LogP contribution in [0.4, 0.5) is 0 Å². The molecule has 0 aliphatic rings. The molecule has 0 spiro atoms. The molecule has 1 heterocycles. The van der Waals surface area contributed by atoms with Gasteiger partial charge in [0.05, 0.1) is 0 Å². The zero-order chi connectivity index (χ0) is 9.19. The molecule has 0 aromatic carbocycles. The zero-order valence-corrected chi connectivity index (χ0v) is 7.21. The molecule has 0 saturated heterocycles. The topological polar surface area (TPSA) is 93.3 Å². The number of rotatable bonds is 3. The fraction of sp³-hybridized carbons (Fsp3) is 0.600. The molecule has 12 heavy (non-hydrogen) atoms. The largest absolute Gasteiger partial charge is 0.388 e. The van der Waals surface area contributed by atoms with Gasteiger partial charge in [-0.25, -0.2) is 8.42 Å². The Kier molecular flexibility index (Phi) is 2.43. The molecule has 0 aliphatic heterocycles. The summed E-state index contributed by atoms with van der Waals surface area (Å²) in [6.45, 7) is -0.354. The van der Waals surface area contributed by atoms with Crippen molar-refractivity contribution in [3.8, 4) is 0 Å². The Labute approximate surface area is 69.1 Å². The van der Waals surface area contributed by atoms with E-state index in [1.165, 1.54) is 0 Å². The van der Waals surface area contributed by atoms with E-state index < -0.39 is 9.84 Å². The maximum absolute atomic E-state index is 10.7. The van der Waals surface area contributed by atoms with Gasteiger partial charge >= 0.3 is 0 Å². The van der Waals surface area contributed by atoms with Crippen molar-refractivity contribution in [2.24, 2.45) is 0 Å². The van der Waals surface area contributed by atoms with Gasteiger partial charge in [-0.3, -0.25) is 0 Å². The number of nitrogens with zero attached hydrogens (tertiary/aromatic N) is 2. The lowest BCUT2D eigenvalue weighted by Crippen LogP contribution is -2.00. The second-order valence-corrected chi connectivity index (χ2v) is 4.47. The number of aliphatic hydroxyl groups is 1. The molecule has 7 heteroatoms. The Bertz CT molecular complexity index is 355. The lowest BCUT2D eigenvalue weighted by atomic mass is 10.7. The van der Waals surface area contributed by atoms with E-state index in [0.717, 1.165) is 6.26 Å². The van der Waals surface area contributed by atoms with E-state index in [0.29, 0.717) is 0 Å². The molecule has 1 aromatic heterocycles. The molecule has 0 atom stereocenters. The third-order valence-electron chi connectivity index (χ3n) is 1.04. The van der Waals surface area contributed by atoms with E-state index in [9.17, 15) is 8.42 Å². The van der Waals surface area contributed by atoms with Gasteiger partial charge in [-0.1, -0.05) is 5.16 Å². The summed E-state index contributed by atoms with van der Waals surface area (Å²) in [4.78, 5) is 3.61. The standard InChI is InChI=1S/C5H8N2O4S/c1-12(9,10)3-5-6-4(2-8)7-11-5/h8H,2-3H2,1H3. The molecule has 0 saturated carbocycles. The molecule has 68 valence electrons. The van der Waals surface area contributed by atoms with Crippen LogP contribution in [0.5, 0.6) is 0 Å². The van der Waals surface area contributed by atoms with Crippen LogP contribution in [0.15, 0.2) is 4.52 Å². The van der Waals surface area contributed by atoms with E-state index in [1.54, 1.807) is 0 Å². The summed E-state index contributed by atoms with van der Waals surface area (Å²) in [6.07, 6.45) is 1.07. The summed E-state index contributed by atoms with van der Waals surface area (Å²) in [7, 11) is -3.15. The van der Waals surface area contributed by atoms with Crippen LogP contribution in [-0.2, 0) is 22.2 Å². The molecule has 0 fully saturated rings. The molecule has 6 nitrogen and oxygen atoms in total. The van der Waals surface area contributed by atoms with Crippen LogP contribution >= 0.6 is 0 Å². The monoisotopic (exact) mass is 192 g/mol. The minimum atomic E-state index is -3.15. The van der Waals surface area contributed by atoms with Gasteiger partial charge in [0.15, 0.2) is 15.7 Å². The molecular formula is C5H8N2O4S. The van der Waals surface area contributed by atoms with Crippen molar-refractivity contribution in [1.82, 2.24) is 10.1 Å². The lowest BCUT2D eigenvalue weighted by molar-refractivity contribution is 0.263. The van der Waals surface area contributed by atoms with E-state index in [-0.39, 0.29) is 24.1 Å². The van der Waals surface area contributed by atoms with Crippen molar-refractivity contribution in [2.45, 2.75) is 12.4 Å². The Hall–Kier alpha value is -0.950. The molecule has 1 aromatic rings. The quantitative estimate of drug-likeness (QED) is 0.667. The highest BCUT2D eigenvalue weighted by molar-refractivity contribution is 7.89. The molecule has 1 N–H and O–H groups in total. The smallest absolute Gasteiger partial charge is 0.241 e. The summed E-state index contributed by atoms with van der Waals surface area (Å²) in [5.41, 5.74) is 0. The van der Waals surface area contributed by atoms with E-state index >= 15 is 0 Å². The maximum Gasteiger partial charge on any atom is 0.241 e. The van der Waals surface area contributed by atoms with Crippen molar-refractivity contribution in [1.29, 1.82) is 0 Å². The summed E-state index contributed by atoms with van der Waals surface area (Å²) in [6, 6.07) is 0. The first-order valence-electron chi connectivity index (χ1n) is 3.11. The fourth-order valence-electron chi connectivity index (χ4n) is 0.637. The SMILES string of the molecule is CS(=O)(=O)Cc1nc(CO)no1. The van der Waals surface area contributed by atoms with Crippen LogP contribution in [0, 0.1) is 0 Å². The molecule has 1 rings (SSSR count). The number of aromatic nitrogens is 2. The van der Waals surface area contributed by atoms with Crippen molar-refractivity contribution >= 4 is 9.84 Å².